The van der Waals surface area contributed by atoms with E-state index in [1.165, 1.54) is 16.2 Å². The number of nitrogens with two attached hydrogens (primary N) is 1. The molecule has 2 aliphatic heterocycles. The summed E-state index contributed by atoms with van der Waals surface area (Å²) < 4.78 is 11.1. The van der Waals surface area contributed by atoms with Gasteiger partial charge in [0.1, 0.15) is 11.9 Å². The van der Waals surface area contributed by atoms with Crippen molar-refractivity contribution in [3.63, 3.8) is 0 Å². The molecule has 0 saturated carbocycles. The number of terminal acetylenes is 1. The number of aliphatic hydroxyl groups excluding tert-OH is 1. The van der Waals surface area contributed by atoms with Crippen molar-refractivity contribution in [1.29, 1.82) is 0 Å². The van der Waals surface area contributed by atoms with Gasteiger partial charge in [0, 0.05) is 36.7 Å². The van der Waals surface area contributed by atoms with Crippen LogP contribution in [0.15, 0.2) is 18.2 Å². The summed E-state index contributed by atoms with van der Waals surface area (Å²) in [5, 5.41) is 9.06. The molecule has 2 unspecified atom stereocenters. The number of thiazole rings is 1. The van der Waals surface area contributed by atoms with Crippen molar-refractivity contribution in [3.8, 4) is 29.4 Å². The van der Waals surface area contributed by atoms with Crippen LogP contribution in [0.3, 0.4) is 0 Å². The minimum atomic E-state index is -0.722. The molecule has 9 heteroatoms. The molecule has 2 aliphatic rings. The lowest BCUT2D eigenvalue weighted by Crippen LogP contribution is -2.24. The summed E-state index contributed by atoms with van der Waals surface area (Å²) in [7, 11) is 3.32. The molecule has 0 bridgehead atoms. The number of hydrogen-bond donors (Lipinski definition) is 2. The normalized spacial score (nSPS) is 19.5. The van der Waals surface area contributed by atoms with Crippen molar-refractivity contribution in [2.45, 2.75) is 18.4 Å². The van der Waals surface area contributed by atoms with E-state index in [2.05, 4.69) is 10.9 Å². The van der Waals surface area contributed by atoms with Gasteiger partial charge in [-0.3, -0.25) is 9.59 Å². The number of nitrogens with zero attached hydrogens (tertiary/aromatic N) is 2. The summed E-state index contributed by atoms with van der Waals surface area (Å²) in [5.74, 6) is 2.60. The van der Waals surface area contributed by atoms with Gasteiger partial charge in [-0.15, -0.1) is 17.8 Å². The Morgan fingerprint density at radius 1 is 1.53 bits per heavy atom. The summed E-state index contributed by atoms with van der Waals surface area (Å²) >= 11 is 1.28. The van der Waals surface area contributed by atoms with Crippen LogP contribution in [0.5, 0.6) is 5.75 Å². The first kappa shape index (κ1) is 21.8. The fourth-order valence-electron chi connectivity index (χ4n) is 3.23. The summed E-state index contributed by atoms with van der Waals surface area (Å²) in [6.07, 6.45) is 5.34. The quantitative estimate of drug-likeness (QED) is 0.709. The van der Waals surface area contributed by atoms with Gasteiger partial charge in [-0.2, -0.15) is 0 Å². The van der Waals surface area contributed by atoms with Crippen molar-refractivity contribution in [2.24, 2.45) is 5.73 Å². The fourth-order valence-corrected chi connectivity index (χ4v) is 4.23. The zero-order valence-corrected chi connectivity index (χ0v) is 17.6. The number of likely N-dealkylation sites (N-methyl/N-ethyl adjacent to an activating group) is 1. The number of aliphatic hydroxyl groups is 1. The number of primary amides is 1. The first-order chi connectivity index (χ1) is 14.3. The molecule has 0 radical (unpaired) electrons. The van der Waals surface area contributed by atoms with Crippen LogP contribution in [-0.2, 0) is 9.53 Å². The van der Waals surface area contributed by atoms with Gasteiger partial charge in [0.2, 0.25) is 0 Å². The van der Waals surface area contributed by atoms with E-state index in [4.69, 9.17) is 26.7 Å². The fraction of sp³-hybridized carbons (Fsp3) is 0.381. The highest BCUT2D eigenvalue weighted by Crippen LogP contribution is 2.42. The zero-order valence-electron chi connectivity index (χ0n) is 16.8. The number of likely N-dealkylation sites (tertiary alicyclic amines) is 1. The molecule has 1 saturated heterocycles. The number of amides is 2. The van der Waals surface area contributed by atoms with E-state index in [0.717, 1.165) is 16.0 Å². The van der Waals surface area contributed by atoms with Crippen LogP contribution in [0.4, 0.5) is 0 Å². The first-order valence-electron chi connectivity index (χ1n) is 9.32. The number of carbonyl (C=O) groups is 2. The number of aromatic nitrogens is 1. The Morgan fingerprint density at radius 2 is 2.30 bits per heavy atom. The van der Waals surface area contributed by atoms with E-state index >= 15 is 0 Å². The second kappa shape index (κ2) is 9.26. The number of fused-ring (bicyclic) bond motifs is 3. The Hall–Kier alpha value is -2.93. The molecule has 2 aromatic rings. The molecule has 2 amide bonds. The third-order valence-corrected chi connectivity index (χ3v) is 6.08. The van der Waals surface area contributed by atoms with Crippen LogP contribution in [0.2, 0.25) is 0 Å². The largest absolute Gasteiger partial charge is 0.492 e. The maximum Gasteiger partial charge on any atom is 0.277 e. The van der Waals surface area contributed by atoms with E-state index in [0.29, 0.717) is 37.6 Å². The van der Waals surface area contributed by atoms with Gasteiger partial charge in [-0.1, -0.05) is 5.92 Å². The Morgan fingerprint density at radius 3 is 2.83 bits per heavy atom. The highest BCUT2D eigenvalue weighted by molar-refractivity contribution is 7.14. The molecular weight excluding hydrogens is 406 g/mol. The molecule has 1 aromatic carbocycles. The number of carbonyl (C=O) groups excluding carboxylic acids is 2. The first-order valence-corrected chi connectivity index (χ1v) is 10.1. The lowest BCUT2D eigenvalue weighted by molar-refractivity contribution is -0.133. The maximum atomic E-state index is 11.5. The van der Waals surface area contributed by atoms with Crippen LogP contribution in [0, 0.1) is 12.3 Å². The molecule has 8 nitrogen and oxygen atoms in total. The van der Waals surface area contributed by atoms with Gasteiger partial charge in [0.05, 0.1) is 24.8 Å². The third-order valence-electron chi connectivity index (χ3n) is 4.84. The molecule has 4 rings (SSSR count). The van der Waals surface area contributed by atoms with E-state index in [9.17, 15) is 9.59 Å². The highest BCUT2D eigenvalue weighted by Gasteiger charge is 2.29. The van der Waals surface area contributed by atoms with Crippen molar-refractivity contribution in [3.05, 3.63) is 33.6 Å². The van der Waals surface area contributed by atoms with Gasteiger partial charge >= 0.3 is 0 Å². The van der Waals surface area contributed by atoms with Crippen molar-refractivity contribution in [1.82, 2.24) is 9.88 Å². The Bertz CT molecular complexity index is 985. The molecule has 1 fully saturated rings. The molecule has 0 aliphatic carbocycles. The second-order valence-corrected chi connectivity index (χ2v) is 8.01. The molecular formula is C21H23N3O5S. The SMILES string of the molecule is C#Cc1ccc2c(c1)-c1nc(C(N)=O)sc1C(COC)CO2.CN1CCC(O)C1=O. The Balaban J connectivity index is 0.000000269. The van der Waals surface area contributed by atoms with E-state index in [1.54, 1.807) is 14.2 Å². The zero-order chi connectivity index (χ0) is 21.8. The summed E-state index contributed by atoms with van der Waals surface area (Å²) in [6.45, 7) is 1.62. The molecule has 158 valence electrons. The summed E-state index contributed by atoms with van der Waals surface area (Å²) in [4.78, 5) is 28.9. The topological polar surface area (TPSA) is 115 Å². The van der Waals surface area contributed by atoms with Crippen LogP contribution >= 0.6 is 11.3 Å². The van der Waals surface area contributed by atoms with E-state index < -0.39 is 12.0 Å². The van der Waals surface area contributed by atoms with Gasteiger partial charge < -0.3 is 25.2 Å². The van der Waals surface area contributed by atoms with Gasteiger partial charge in [0.15, 0.2) is 5.01 Å². The molecule has 3 heterocycles. The predicted molar refractivity (Wildman–Crippen MR) is 112 cm³/mol. The summed E-state index contributed by atoms with van der Waals surface area (Å²) in [6, 6.07) is 5.48. The average molecular weight is 429 g/mol. The number of hydrogen-bond acceptors (Lipinski definition) is 7. The highest BCUT2D eigenvalue weighted by atomic mass is 32.1. The van der Waals surface area contributed by atoms with Gasteiger partial charge in [0.25, 0.3) is 11.8 Å². The van der Waals surface area contributed by atoms with Crippen LogP contribution < -0.4 is 10.5 Å². The second-order valence-electron chi connectivity index (χ2n) is 6.98. The molecule has 2 atom stereocenters. The van der Waals surface area contributed by atoms with Crippen molar-refractivity contribution in [2.75, 3.05) is 33.9 Å². The Labute approximate surface area is 178 Å². The molecule has 1 aromatic heterocycles. The third kappa shape index (κ3) is 4.46. The van der Waals surface area contributed by atoms with Crippen LogP contribution in [0.1, 0.15) is 32.6 Å². The Kier molecular flexibility index (Phi) is 6.72. The average Bonchev–Trinajstić information content (AvgIpc) is 3.27. The smallest absolute Gasteiger partial charge is 0.277 e. The van der Waals surface area contributed by atoms with Crippen molar-refractivity contribution < 1.29 is 24.2 Å². The standard InChI is InChI=1S/C16H14N2O3S.C5H9NO2/c1-3-9-4-5-12-11(6-9)13-14(10(7-20-2)8-21-12)22-16(18-13)15(17)19;1-6-3-2-4(7)5(6)8/h1,4-6,10H,7-8H2,2H3,(H2,17,19);4,7H,2-3H2,1H3. The number of benzene rings is 1. The number of rotatable bonds is 3. The predicted octanol–water partition coefficient (Wildman–Crippen LogP) is 1.22. The minimum Gasteiger partial charge on any atom is -0.492 e. The summed E-state index contributed by atoms with van der Waals surface area (Å²) in [5.41, 5.74) is 7.59. The van der Waals surface area contributed by atoms with Gasteiger partial charge in [-0.05, 0) is 24.6 Å². The maximum absolute atomic E-state index is 11.5. The van der Waals surface area contributed by atoms with Crippen LogP contribution in [0.25, 0.3) is 11.3 Å². The molecule has 3 N–H and O–H groups in total. The lowest BCUT2D eigenvalue weighted by Gasteiger charge is -2.12. The van der Waals surface area contributed by atoms with E-state index in [1.807, 2.05) is 18.2 Å². The monoisotopic (exact) mass is 429 g/mol. The number of methoxy groups -OCH3 is 1. The molecule has 0 spiro atoms. The van der Waals surface area contributed by atoms with Gasteiger partial charge in [-0.25, -0.2) is 4.98 Å². The lowest BCUT2D eigenvalue weighted by atomic mass is 10.0. The van der Waals surface area contributed by atoms with E-state index in [-0.39, 0.29) is 16.8 Å². The van der Waals surface area contributed by atoms with Crippen molar-refractivity contribution >= 4 is 23.2 Å². The minimum absolute atomic E-state index is 0.00714. The molecule has 30 heavy (non-hydrogen) atoms. The number of ether oxygens (including phenoxy) is 2. The van der Waals surface area contributed by atoms with Crippen LogP contribution in [-0.4, -0.2) is 66.8 Å².